The third-order valence-corrected chi connectivity index (χ3v) is 3.68. The van der Waals surface area contributed by atoms with Gasteiger partial charge in [-0.1, -0.05) is 5.16 Å². The molecule has 0 aliphatic rings. The maximum atomic E-state index is 12.4. The molecule has 0 unspecified atom stereocenters. The molecule has 150 valence electrons. The van der Waals surface area contributed by atoms with Gasteiger partial charge in [0.2, 0.25) is 5.88 Å². The summed E-state index contributed by atoms with van der Waals surface area (Å²) in [4.78, 5) is 28.5. The summed E-state index contributed by atoms with van der Waals surface area (Å²) in [7, 11) is 0. The van der Waals surface area contributed by atoms with Gasteiger partial charge in [0.15, 0.2) is 6.61 Å². The van der Waals surface area contributed by atoms with E-state index < -0.39 is 18.5 Å². The molecule has 0 fully saturated rings. The molecule has 2 N–H and O–H groups in total. The monoisotopic (exact) mass is 396 g/mol. The first-order chi connectivity index (χ1) is 14.0. The average molecular weight is 396 g/mol. The van der Waals surface area contributed by atoms with E-state index in [-0.39, 0.29) is 11.4 Å². The maximum Gasteiger partial charge on any atom is 0.342 e. The predicted octanol–water partition coefficient (Wildman–Crippen LogP) is 3.32. The predicted molar refractivity (Wildman–Crippen MR) is 105 cm³/mol. The molecule has 0 aliphatic heterocycles. The van der Waals surface area contributed by atoms with Crippen LogP contribution in [0.25, 0.3) is 0 Å². The molecule has 3 aromatic rings. The summed E-state index contributed by atoms with van der Waals surface area (Å²) in [6, 6.07) is 12.0. The zero-order chi connectivity index (χ0) is 20.6. The van der Waals surface area contributed by atoms with Crippen molar-refractivity contribution < 1.29 is 23.6 Å². The number of nitrogens with one attached hydrogen (secondary N) is 2. The van der Waals surface area contributed by atoms with E-state index in [4.69, 9.17) is 14.0 Å². The first-order valence-electron chi connectivity index (χ1n) is 8.90. The lowest BCUT2D eigenvalue weighted by atomic mass is 10.2. The van der Waals surface area contributed by atoms with E-state index in [0.29, 0.717) is 18.1 Å². The third kappa shape index (κ3) is 5.55. The van der Waals surface area contributed by atoms with Crippen molar-refractivity contribution in [2.45, 2.75) is 13.8 Å². The van der Waals surface area contributed by atoms with Gasteiger partial charge in [-0.2, -0.15) is 0 Å². The molecule has 0 saturated carbocycles. The molecule has 2 aromatic heterocycles. The highest BCUT2D eigenvalue weighted by molar-refractivity contribution is 5.98. The number of esters is 1. The van der Waals surface area contributed by atoms with Gasteiger partial charge >= 0.3 is 5.97 Å². The Morgan fingerprint density at radius 3 is 2.66 bits per heavy atom. The number of nitrogens with zero attached hydrogens (tertiary/aromatic N) is 2. The van der Waals surface area contributed by atoms with Gasteiger partial charge in [0.25, 0.3) is 5.91 Å². The Morgan fingerprint density at radius 2 is 1.97 bits per heavy atom. The second-order valence-electron chi connectivity index (χ2n) is 5.94. The normalized spacial score (nSPS) is 10.3. The van der Waals surface area contributed by atoms with Gasteiger partial charge in [-0.3, -0.25) is 10.1 Å². The van der Waals surface area contributed by atoms with E-state index >= 15 is 0 Å². The molecule has 0 saturated heterocycles. The second-order valence-corrected chi connectivity index (χ2v) is 5.94. The van der Waals surface area contributed by atoms with Crippen molar-refractivity contribution in [3.8, 4) is 5.75 Å². The largest absolute Gasteiger partial charge is 0.494 e. The lowest BCUT2D eigenvalue weighted by Crippen LogP contribution is -2.21. The van der Waals surface area contributed by atoms with Crippen LogP contribution in [-0.2, 0) is 9.53 Å². The third-order valence-electron chi connectivity index (χ3n) is 3.68. The van der Waals surface area contributed by atoms with E-state index in [2.05, 4.69) is 20.8 Å². The Kier molecular flexibility index (Phi) is 6.41. The van der Waals surface area contributed by atoms with E-state index in [1.54, 1.807) is 31.3 Å². The van der Waals surface area contributed by atoms with Crippen LogP contribution in [0.2, 0.25) is 0 Å². The first-order valence-corrected chi connectivity index (χ1v) is 8.90. The van der Waals surface area contributed by atoms with E-state index in [1.807, 2.05) is 31.2 Å². The number of aryl methyl sites for hydroxylation is 1. The minimum absolute atomic E-state index is 0.183. The highest BCUT2D eigenvalue weighted by Gasteiger charge is 2.16. The fourth-order valence-corrected chi connectivity index (χ4v) is 2.41. The minimum atomic E-state index is -0.685. The molecule has 9 heteroatoms. The number of benzene rings is 1. The van der Waals surface area contributed by atoms with Crippen molar-refractivity contribution in [1.29, 1.82) is 0 Å². The lowest BCUT2D eigenvalue weighted by Gasteiger charge is -2.11. The molecule has 0 bridgehead atoms. The van der Waals surface area contributed by atoms with Crippen molar-refractivity contribution in [2.75, 3.05) is 23.8 Å². The minimum Gasteiger partial charge on any atom is -0.494 e. The number of hydrogen-bond acceptors (Lipinski definition) is 8. The number of hydrogen-bond donors (Lipinski definition) is 2. The van der Waals surface area contributed by atoms with Crippen LogP contribution in [0.1, 0.15) is 23.0 Å². The Hall–Kier alpha value is -3.88. The van der Waals surface area contributed by atoms with Crippen LogP contribution in [0.4, 0.5) is 17.4 Å². The van der Waals surface area contributed by atoms with Crippen molar-refractivity contribution in [1.82, 2.24) is 10.1 Å². The van der Waals surface area contributed by atoms with Crippen molar-refractivity contribution >= 4 is 29.3 Å². The first kappa shape index (κ1) is 19.9. The molecule has 1 amide bonds. The van der Waals surface area contributed by atoms with Gasteiger partial charge in [-0.15, -0.1) is 0 Å². The van der Waals surface area contributed by atoms with E-state index in [0.717, 1.165) is 11.4 Å². The van der Waals surface area contributed by atoms with Gasteiger partial charge in [0.1, 0.15) is 17.1 Å². The highest BCUT2D eigenvalue weighted by Crippen LogP contribution is 2.22. The van der Waals surface area contributed by atoms with Crippen LogP contribution >= 0.6 is 0 Å². The molecule has 0 spiro atoms. The van der Waals surface area contributed by atoms with Gasteiger partial charge in [0.05, 0.1) is 12.3 Å². The topological polar surface area (TPSA) is 116 Å². The zero-order valence-corrected chi connectivity index (χ0v) is 16.0. The van der Waals surface area contributed by atoms with Crippen LogP contribution < -0.4 is 15.4 Å². The van der Waals surface area contributed by atoms with Crippen LogP contribution in [-0.4, -0.2) is 35.2 Å². The lowest BCUT2D eigenvalue weighted by molar-refractivity contribution is -0.119. The fourth-order valence-electron chi connectivity index (χ4n) is 2.41. The smallest absolute Gasteiger partial charge is 0.342 e. The van der Waals surface area contributed by atoms with Crippen LogP contribution in [0, 0.1) is 6.92 Å². The summed E-state index contributed by atoms with van der Waals surface area (Å²) in [6.07, 6.45) is 1.55. The molecule has 3 rings (SSSR count). The Balaban J connectivity index is 1.61. The molecular weight excluding hydrogens is 376 g/mol. The summed E-state index contributed by atoms with van der Waals surface area (Å²) in [5.74, 6) is 0.0113. The van der Waals surface area contributed by atoms with Gasteiger partial charge < -0.3 is 19.3 Å². The number of carbonyl (C=O) groups excluding carboxylic acids is 2. The summed E-state index contributed by atoms with van der Waals surface area (Å²) >= 11 is 0. The molecule has 9 nitrogen and oxygen atoms in total. The number of carbonyl (C=O) groups is 2. The standard InChI is InChI=1S/C20H20N4O5/c1-3-27-15-8-6-14(7-9-15)22-19-16(5-4-10-21-19)20(26)28-12-17(25)23-18-11-13(2)24-29-18/h4-11H,3,12H2,1-2H3,(H,21,22)(H,23,25). The maximum absolute atomic E-state index is 12.4. The number of rotatable bonds is 8. The summed E-state index contributed by atoms with van der Waals surface area (Å²) in [5, 5.41) is 9.17. The van der Waals surface area contributed by atoms with E-state index in [1.165, 1.54) is 0 Å². The summed E-state index contributed by atoms with van der Waals surface area (Å²) in [6.45, 7) is 3.73. The molecule has 2 heterocycles. The molecule has 29 heavy (non-hydrogen) atoms. The van der Waals surface area contributed by atoms with Crippen molar-refractivity contribution in [3.63, 3.8) is 0 Å². The number of amides is 1. The molecule has 1 aromatic carbocycles. The Labute approximate surface area is 167 Å². The molecule has 0 radical (unpaired) electrons. The summed E-state index contributed by atoms with van der Waals surface area (Å²) in [5.41, 5.74) is 1.54. The van der Waals surface area contributed by atoms with Crippen molar-refractivity contribution in [3.05, 3.63) is 59.9 Å². The average Bonchev–Trinajstić information content (AvgIpc) is 3.13. The Bertz CT molecular complexity index is 985. The number of pyridine rings is 1. The van der Waals surface area contributed by atoms with E-state index in [9.17, 15) is 9.59 Å². The number of aromatic nitrogens is 2. The molecular formula is C20H20N4O5. The number of anilines is 3. The molecule has 0 atom stereocenters. The highest BCUT2D eigenvalue weighted by atomic mass is 16.5. The molecule has 0 aliphatic carbocycles. The second kappa shape index (κ2) is 9.36. The quantitative estimate of drug-likeness (QED) is 0.557. The van der Waals surface area contributed by atoms with Gasteiger partial charge in [0, 0.05) is 18.0 Å². The Morgan fingerprint density at radius 1 is 1.17 bits per heavy atom. The van der Waals surface area contributed by atoms with Crippen LogP contribution in [0.15, 0.2) is 53.2 Å². The SMILES string of the molecule is CCOc1ccc(Nc2ncccc2C(=O)OCC(=O)Nc2cc(C)no2)cc1. The van der Waals surface area contributed by atoms with Crippen LogP contribution in [0.5, 0.6) is 5.75 Å². The van der Waals surface area contributed by atoms with Gasteiger partial charge in [-0.25, -0.2) is 9.78 Å². The summed E-state index contributed by atoms with van der Waals surface area (Å²) < 4.78 is 15.4. The van der Waals surface area contributed by atoms with Gasteiger partial charge in [-0.05, 0) is 50.2 Å². The van der Waals surface area contributed by atoms with Crippen LogP contribution in [0.3, 0.4) is 0 Å². The van der Waals surface area contributed by atoms with Crippen molar-refractivity contribution in [2.24, 2.45) is 0 Å². The fraction of sp³-hybridized carbons (Fsp3) is 0.200. The number of ether oxygens (including phenoxy) is 2. The zero-order valence-electron chi connectivity index (χ0n) is 16.0.